The SMILES string of the molecule is CCC(C)C1=CCC([Si](c2cc(C)cc(C)c2)(c2cc(C)cc(C)c2)c2cc(C)cc(C)c2)=[C-]1.[Cl-].[Cl-].[Cl-].[Ti+4]. The molecule has 0 fully saturated rings. The van der Waals surface area contributed by atoms with Gasteiger partial charge in [-0.3, -0.25) is 6.08 Å². The second-order valence-electron chi connectivity index (χ2n) is 10.7. The zero-order chi connectivity index (χ0) is 24.6. The van der Waals surface area contributed by atoms with Crippen molar-refractivity contribution in [2.75, 3.05) is 0 Å². The summed E-state index contributed by atoms with van der Waals surface area (Å²) in [7, 11) is -2.53. The van der Waals surface area contributed by atoms with E-state index in [4.69, 9.17) is 0 Å². The van der Waals surface area contributed by atoms with Crippen LogP contribution in [0.25, 0.3) is 0 Å². The molecule has 0 aliphatic heterocycles. The van der Waals surface area contributed by atoms with Gasteiger partial charge in [0, 0.05) is 0 Å². The predicted octanol–water partition coefficient (Wildman–Crippen LogP) is -2.34. The number of halogens is 3. The summed E-state index contributed by atoms with van der Waals surface area (Å²) in [6.07, 6.45) is 8.64. The molecule has 0 saturated carbocycles. The van der Waals surface area contributed by atoms with Crippen molar-refractivity contribution in [1.29, 1.82) is 0 Å². The van der Waals surface area contributed by atoms with Crippen LogP contribution in [0.15, 0.2) is 71.4 Å². The number of aryl methyl sites for hydroxylation is 6. The van der Waals surface area contributed by atoms with Crippen LogP contribution in [0.2, 0.25) is 0 Å². The predicted molar refractivity (Wildman–Crippen MR) is 151 cm³/mol. The molecule has 200 valence electrons. The molecule has 0 heterocycles. The van der Waals surface area contributed by atoms with Crippen LogP contribution in [0.1, 0.15) is 60.1 Å². The minimum Gasteiger partial charge on any atom is -1.00 e. The third-order valence-corrected chi connectivity index (χ3v) is 12.1. The Balaban J connectivity index is 0.00000342. The van der Waals surface area contributed by atoms with Gasteiger partial charge in [-0.05, 0) is 57.1 Å². The van der Waals surface area contributed by atoms with Crippen LogP contribution in [0, 0.1) is 53.5 Å². The van der Waals surface area contributed by atoms with Gasteiger partial charge in [-0.1, -0.05) is 121 Å². The van der Waals surface area contributed by atoms with Crippen molar-refractivity contribution in [2.24, 2.45) is 5.92 Å². The van der Waals surface area contributed by atoms with E-state index in [2.05, 4.69) is 122 Å². The molecule has 0 bridgehead atoms. The van der Waals surface area contributed by atoms with E-state index in [1.807, 2.05) is 0 Å². The first kappa shape index (κ1) is 36.9. The summed E-state index contributed by atoms with van der Waals surface area (Å²) in [5.74, 6) is 0.543. The fourth-order valence-electron chi connectivity index (χ4n) is 5.88. The molecule has 0 radical (unpaired) electrons. The molecule has 0 N–H and O–H groups in total. The van der Waals surface area contributed by atoms with E-state index in [-0.39, 0.29) is 58.9 Å². The Labute approximate surface area is 265 Å². The average molecular weight is 618 g/mol. The van der Waals surface area contributed by atoms with E-state index in [0.717, 1.165) is 12.8 Å². The first-order valence-electron chi connectivity index (χ1n) is 12.7. The quantitative estimate of drug-likeness (QED) is 0.165. The first-order chi connectivity index (χ1) is 16.1. The molecule has 0 nitrogen and oxygen atoms in total. The summed E-state index contributed by atoms with van der Waals surface area (Å²) in [5.41, 5.74) is 9.45. The van der Waals surface area contributed by atoms with Crippen LogP contribution in [-0.4, -0.2) is 8.07 Å². The van der Waals surface area contributed by atoms with Crippen LogP contribution in [-0.2, 0) is 21.7 Å². The van der Waals surface area contributed by atoms with E-state index in [0.29, 0.717) is 5.92 Å². The molecule has 0 spiro atoms. The third-order valence-electron chi connectivity index (χ3n) is 7.38. The number of hydrogen-bond acceptors (Lipinski definition) is 0. The second-order valence-corrected chi connectivity index (χ2v) is 14.5. The molecule has 3 aromatic carbocycles. The fraction of sp³-hybridized carbons (Fsp3) is 0.333. The second kappa shape index (κ2) is 15.1. The molecule has 38 heavy (non-hydrogen) atoms. The average Bonchev–Trinajstić information content (AvgIpc) is 3.22. The smallest absolute Gasteiger partial charge is 1.00 e. The zero-order valence-corrected chi connectivity index (χ0v) is 28.7. The molecule has 1 aliphatic carbocycles. The van der Waals surface area contributed by atoms with Gasteiger partial charge in [-0.25, -0.2) is 11.6 Å². The molecule has 1 atom stereocenters. The summed E-state index contributed by atoms with van der Waals surface area (Å²) in [4.78, 5) is 0. The van der Waals surface area contributed by atoms with Gasteiger partial charge in [0.1, 0.15) is 0 Å². The van der Waals surface area contributed by atoms with Gasteiger partial charge in [0.05, 0.1) is 0 Å². The molecule has 0 saturated heterocycles. The normalized spacial score (nSPS) is 13.2. The topological polar surface area (TPSA) is 0 Å². The summed E-state index contributed by atoms with van der Waals surface area (Å²) < 4.78 is 0. The summed E-state index contributed by atoms with van der Waals surface area (Å²) in [6, 6.07) is 21.7. The Morgan fingerprint density at radius 3 is 1.24 bits per heavy atom. The van der Waals surface area contributed by atoms with Crippen LogP contribution in [0.5, 0.6) is 0 Å². The van der Waals surface area contributed by atoms with Crippen LogP contribution >= 0.6 is 0 Å². The Morgan fingerprint density at radius 2 is 0.947 bits per heavy atom. The van der Waals surface area contributed by atoms with Gasteiger partial charge < -0.3 is 37.2 Å². The van der Waals surface area contributed by atoms with E-state index < -0.39 is 8.07 Å². The minimum absolute atomic E-state index is 0. The third kappa shape index (κ3) is 7.36. The van der Waals surface area contributed by atoms with Crippen molar-refractivity contribution in [3.05, 3.63) is 111 Å². The molecule has 3 aromatic rings. The van der Waals surface area contributed by atoms with Gasteiger partial charge in [0.2, 0.25) is 0 Å². The Morgan fingerprint density at radius 1 is 0.632 bits per heavy atom. The number of hydrogen-bond donors (Lipinski definition) is 0. The van der Waals surface area contributed by atoms with Crippen LogP contribution in [0.3, 0.4) is 0 Å². The fourth-order valence-corrected chi connectivity index (χ4v) is 11.3. The molecule has 1 unspecified atom stereocenters. The van der Waals surface area contributed by atoms with Crippen molar-refractivity contribution in [3.8, 4) is 0 Å². The molecular weight excluding hydrogens is 579 g/mol. The van der Waals surface area contributed by atoms with Crippen LogP contribution < -0.4 is 52.8 Å². The van der Waals surface area contributed by atoms with E-state index in [9.17, 15) is 0 Å². The van der Waals surface area contributed by atoms with Gasteiger partial charge in [-0.15, -0.1) is 0 Å². The van der Waals surface area contributed by atoms with Crippen molar-refractivity contribution >= 4 is 23.6 Å². The van der Waals surface area contributed by atoms with Gasteiger partial charge in [-0.2, -0.15) is 5.20 Å². The maximum absolute atomic E-state index is 4.03. The number of rotatable bonds is 6. The van der Waals surface area contributed by atoms with Crippen LogP contribution in [0.4, 0.5) is 0 Å². The standard InChI is InChI=1S/C33H39Si.3ClH.Ti/c1-9-28(8)29-10-11-30(21-29)34(31-15-22(2)12-23(3)16-31,32-17-24(4)13-25(5)18-32)33-19-26(6)14-27(7)20-33;;;;/h10,12-20,28H,9,11H2,1-8H3;3*1H;/q-1;;;;+4/p-3. The van der Waals surface area contributed by atoms with Crippen molar-refractivity contribution in [2.45, 2.75) is 68.2 Å². The molecular formula is C33H39Cl3SiTi. The molecule has 0 aromatic heterocycles. The van der Waals surface area contributed by atoms with Crippen molar-refractivity contribution in [3.63, 3.8) is 0 Å². The number of benzene rings is 3. The summed E-state index contributed by atoms with van der Waals surface area (Å²) in [5, 5.41) is 5.96. The maximum atomic E-state index is 4.03. The van der Waals surface area contributed by atoms with Crippen molar-refractivity contribution < 1.29 is 58.9 Å². The molecule has 1 aliphatic rings. The number of allylic oxidation sites excluding steroid dienone is 4. The van der Waals surface area contributed by atoms with Gasteiger partial charge >= 0.3 is 21.7 Å². The molecule has 4 rings (SSSR count). The van der Waals surface area contributed by atoms with Crippen molar-refractivity contribution in [1.82, 2.24) is 0 Å². The monoisotopic (exact) mass is 616 g/mol. The largest absolute Gasteiger partial charge is 4.00 e. The van der Waals surface area contributed by atoms with Gasteiger partial charge in [0.15, 0.2) is 8.07 Å². The summed E-state index contributed by atoms with van der Waals surface area (Å²) >= 11 is 0. The Hall–Kier alpha value is -1.06. The zero-order valence-electron chi connectivity index (χ0n) is 23.9. The summed E-state index contributed by atoms with van der Waals surface area (Å²) in [6.45, 7) is 18.1. The minimum atomic E-state index is -2.53. The Kier molecular flexibility index (Phi) is 14.7. The first-order valence-corrected chi connectivity index (χ1v) is 14.7. The molecule has 0 amide bonds. The van der Waals surface area contributed by atoms with Gasteiger partial charge in [0.25, 0.3) is 0 Å². The maximum Gasteiger partial charge on any atom is 4.00 e. The Bertz CT molecular complexity index is 1120. The van der Waals surface area contributed by atoms with E-state index >= 15 is 0 Å². The van der Waals surface area contributed by atoms with E-state index in [1.54, 1.807) is 0 Å². The van der Waals surface area contributed by atoms with E-state index in [1.165, 1.54) is 59.7 Å². The molecule has 5 heteroatoms.